The van der Waals surface area contributed by atoms with E-state index in [0.717, 1.165) is 18.8 Å². The van der Waals surface area contributed by atoms with Crippen LogP contribution in [-0.2, 0) is 12.4 Å². The maximum absolute atomic E-state index is 10.9. The zero-order chi connectivity index (χ0) is 14.5. The highest BCUT2D eigenvalue weighted by atomic mass is 35.5. The normalized spacial score (nSPS) is 10.5. The topological polar surface area (TPSA) is 46.4 Å². The van der Waals surface area contributed by atoms with E-state index >= 15 is 0 Å². The molecule has 1 aromatic carbocycles. The Bertz CT molecular complexity index is 587. The third-order valence-electron chi connectivity index (χ3n) is 3.08. The molecular formula is C14H15ClN2O2S. The molecule has 0 spiro atoms. The number of nitro groups is 1. The summed E-state index contributed by atoms with van der Waals surface area (Å²) in [6.45, 7) is 3.69. The minimum Gasteiger partial charge on any atom is -0.367 e. The summed E-state index contributed by atoms with van der Waals surface area (Å²) in [5, 5.41) is 13.0. The number of nitrogens with zero attached hydrogens (tertiary/aromatic N) is 2. The van der Waals surface area contributed by atoms with Crippen LogP contribution in [0, 0.1) is 10.1 Å². The van der Waals surface area contributed by atoms with Crippen LogP contribution in [0.5, 0.6) is 0 Å². The summed E-state index contributed by atoms with van der Waals surface area (Å²) in [6, 6.07) is 9.23. The average Bonchev–Trinajstić information content (AvgIpc) is 2.96. The van der Waals surface area contributed by atoms with Gasteiger partial charge in [0.15, 0.2) is 0 Å². The molecule has 1 heterocycles. The molecule has 2 rings (SSSR count). The second kappa shape index (κ2) is 6.72. The van der Waals surface area contributed by atoms with Gasteiger partial charge in [0.1, 0.15) is 0 Å². The number of anilines is 1. The van der Waals surface area contributed by atoms with Crippen LogP contribution in [0.25, 0.3) is 0 Å². The Morgan fingerprint density at radius 1 is 1.40 bits per heavy atom. The van der Waals surface area contributed by atoms with Gasteiger partial charge in [0.25, 0.3) is 5.69 Å². The third kappa shape index (κ3) is 3.29. The first kappa shape index (κ1) is 14.8. The standard InChI is InChI=1S/C14H15ClN2O2S/c1-2-16(10-13-4-3-7-20-13)12-5-6-14(17(18)19)11(8-12)9-15/h3-8H,2,9-10H2,1H3. The second-order valence-electron chi connectivity index (χ2n) is 4.30. The molecule has 0 unspecified atom stereocenters. The van der Waals surface area contributed by atoms with E-state index in [2.05, 4.69) is 17.9 Å². The number of rotatable bonds is 6. The van der Waals surface area contributed by atoms with Gasteiger partial charge in [-0.25, -0.2) is 0 Å². The molecule has 0 atom stereocenters. The number of nitro benzene ring substituents is 1. The zero-order valence-electron chi connectivity index (χ0n) is 11.1. The number of hydrogen-bond donors (Lipinski definition) is 0. The number of thiophene rings is 1. The number of hydrogen-bond acceptors (Lipinski definition) is 4. The largest absolute Gasteiger partial charge is 0.367 e. The van der Waals surface area contributed by atoms with Gasteiger partial charge in [-0.1, -0.05) is 6.07 Å². The quantitative estimate of drug-likeness (QED) is 0.451. The van der Waals surface area contributed by atoms with Crippen molar-refractivity contribution >= 4 is 34.3 Å². The SMILES string of the molecule is CCN(Cc1cccs1)c1ccc([N+](=O)[O-])c(CCl)c1. The molecule has 2 aromatic rings. The van der Waals surface area contributed by atoms with Crippen molar-refractivity contribution in [2.24, 2.45) is 0 Å². The molecule has 0 aliphatic carbocycles. The van der Waals surface area contributed by atoms with E-state index in [-0.39, 0.29) is 11.6 Å². The molecule has 0 aliphatic heterocycles. The molecule has 4 nitrogen and oxygen atoms in total. The molecule has 0 bridgehead atoms. The van der Waals surface area contributed by atoms with Gasteiger partial charge < -0.3 is 4.90 Å². The fourth-order valence-electron chi connectivity index (χ4n) is 2.03. The van der Waals surface area contributed by atoms with Crippen molar-refractivity contribution in [1.29, 1.82) is 0 Å². The molecule has 20 heavy (non-hydrogen) atoms. The van der Waals surface area contributed by atoms with Gasteiger partial charge in [0.05, 0.1) is 17.3 Å². The Labute approximate surface area is 126 Å². The zero-order valence-corrected chi connectivity index (χ0v) is 12.7. The third-order valence-corrected chi connectivity index (χ3v) is 4.23. The van der Waals surface area contributed by atoms with Crippen LogP contribution in [0.1, 0.15) is 17.4 Å². The Balaban J connectivity index is 2.28. The molecule has 0 radical (unpaired) electrons. The molecule has 6 heteroatoms. The smallest absolute Gasteiger partial charge is 0.273 e. The highest BCUT2D eigenvalue weighted by molar-refractivity contribution is 7.09. The van der Waals surface area contributed by atoms with Crippen LogP contribution in [0.3, 0.4) is 0 Å². The molecule has 1 aromatic heterocycles. The lowest BCUT2D eigenvalue weighted by molar-refractivity contribution is -0.385. The molecule has 0 saturated carbocycles. The van der Waals surface area contributed by atoms with E-state index in [4.69, 9.17) is 11.6 Å². The van der Waals surface area contributed by atoms with Gasteiger partial charge in [-0.15, -0.1) is 22.9 Å². The minimum atomic E-state index is -0.392. The summed E-state index contributed by atoms with van der Waals surface area (Å²) in [7, 11) is 0. The molecule has 0 aliphatic rings. The fraction of sp³-hybridized carbons (Fsp3) is 0.286. The first-order chi connectivity index (χ1) is 9.65. The van der Waals surface area contributed by atoms with Crippen LogP contribution in [0.4, 0.5) is 11.4 Å². The summed E-state index contributed by atoms with van der Waals surface area (Å²) in [4.78, 5) is 14.0. The monoisotopic (exact) mass is 310 g/mol. The van der Waals surface area contributed by atoms with Gasteiger partial charge in [0, 0.05) is 28.7 Å². The first-order valence-electron chi connectivity index (χ1n) is 6.26. The maximum Gasteiger partial charge on any atom is 0.273 e. The molecular weight excluding hydrogens is 296 g/mol. The lowest BCUT2D eigenvalue weighted by Gasteiger charge is -2.23. The van der Waals surface area contributed by atoms with Gasteiger partial charge in [0.2, 0.25) is 0 Å². The lowest BCUT2D eigenvalue weighted by Crippen LogP contribution is -2.21. The predicted octanol–water partition coefficient (Wildman–Crippen LogP) is 4.42. The number of benzene rings is 1. The van der Waals surface area contributed by atoms with Crippen LogP contribution in [-0.4, -0.2) is 11.5 Å². The lowest BCUT2D eigenvalue weighted by atomic mass is 10.1. The molecule has 0 saturated heterocycles. The van der Waals surface area contributed by atoms with E-state index in [1.54, 1.807) is 17.4 Å². The molecule has 0 N–H and O–H groups in total. The Morgan fingerprint density at radius 3 is 2.75 bits per heavy atom. The average molecular weight is 311 g/mol. The molecule has 106 valence electrons. The van der Waals surface area contributed by atoms with Crippen LogP contribution >= 0.6 is 22.9 Å². The van der Waals surface area contributed by atoms with Gasteiger partial charge in [-0.3, -0.25) is 10.1 Å². The van der Waals surface area contributed by atoms with Crippen molar-refractivity contribution in [3.63, 3.8) is 0 Å². The Morgan fingerprint density at radius 2 is 2.20 bits per heavy atom. The molecule has 0 amide bonds. The van der Waals surface area contributed by atoms with Gasteiger partial charge in [-0.05, 0) is 30.5 Å². The Kier molecular flexibility index (Phi) is 4.98. The van der Waals surface area contributed by atoms with E-state index in [1.165, 1.54) is 10.9 Å². The van der Waals surface area contributed by atoms with E-state index in [1.807, 2.05) is 17.5 Å². The van der Waals surface area contributed by atoms with Crippen molar-refractivity contribution in [2.45, 2.75) is 19.3 Å². The maximum atomic E-state index is 10.9. The van der Waals surface area contributed by atoms with Crippen molar-refractivity contribution in [2.75, 3.05) is 11.4 Å². The first-order valence-corrected chi connectivity index (χ1v) is 7.67. The van der Waals surface area contributed by atoms with Crippen molar-refractivity contribution in [1.82, 2.24) is 0 Å². The van der Waals surface area contributed by atoms with Crippen LogP contribution < -0.4 is 4.90 Å². The van der Waals surface area contributed by atoms with Gasteiger partial charge in [-0.2, -0.15) is 0 Å². The minimum absolute atomic E-state index is 0.0796. The Hall–Kier alpha value is -1.59. The summed E-state index contributed by atoms with van der Waals surface area (Å²) in [5.74, 6) is 0.140. The highest BCUT2D eigenvalue weighted by Crippen LogP contribution is 2.27. The fourth-order valence-corrected chi connectivity index (χ4v) is 2.96. The van der Waals surface area contributed by atoms with E-state index in [9.17, 15) is 10.1 Å². The van der Waals surface area contributed by atoms with Crippen molar-refractivity contribution < 1.29 is 4.92 Å². The van der Waals surface area contributed by atoms with E-state index in [0.29, 0.717) is 5.56 Å². The van der Waals surface area contributed by atoms with Gasteiger partial charge >= 0.3 is 0 Å². The highest BCUT2D eigenvalue weighted by Gasteiger charge is 2.15. The summed E-state index contributed by atoms with van der Waals surface area (Å²) < 4.78 is 0. The number of halogens is 1. The summed E-state index contributed by atoms with van der Waals surface area (Å²) in [5.41, 5.74) is 1.59. The number of alkyl halides is 1. The predicted molar refractivity (Wildman–Crippen MR) is 83.7 cm³/mol. The van der Waals surface area contributed by atoms with Crippen LogP contribution in [0.15, 0.2) is 35.7 Å². The second-order valence-corrected chi connectivity index (χ2v) is 5.60. The van der Waals surface area contributed by atoms with E-state index < -0.39 is 4.92 Å². The summed E-state index contributed by atoms with van der Waals surface area (Å²) >= 11 is 7.52. The van der Waals surface area contributed by atoms with Crippen LogP contribution in [0.2, 0.25) is 0 Å². The van der Waals surface area contributed by atoms with Crippen molar-refractivity contribution in [3.8, 4) is 0 Å². The molecule has 0 fully saturated rings. The van der Waals surface area contributed by atoms with Crippen molar-refractivity contribution in [3.05, 3.63) is 56.3 Å². The summed E-state index contributed by atoms with van der Waals surface area (Å²) in [6.07, 6.45) is 0.